The van der Waals surface area contributed by atoms with Gasteiger partial charge in [-0.2, -0.15) is 10.3 Å². The first-order valence-corrected chi connectivity index (χ1v) is 16.9. The predicted octanol–water partition coefficient (Wildman–Crippen LogP) is 4.82. The Bertz CT molecular complexity index is 1700. The van der Waals surface area contributed by atoms with Crippen LogP contribution in [0.4, 0.5) is 30.0 Å². The number of carbonyl (C=O) groups excluding carboxylic acids is 2. The van der Waals surface area contributed by atoms with Crippen molar-refractivity contribution in [2.45, 2.75) is 97.0 Å². The number of halogens is 2. The summed E-state index contributed by atoms with van der Waals surface area (Å²) in [7, 11) is 0. The van der Waals surface area contributed by atoms with Crippen molar-refractivity contribution in [3.8, 4) is 10.6 Å². The van der Waals surface area contributed by atoms with E-state index in [1.807, 2.05) is 4.90 Å². The summed E-state index contributed by atoms with van der Waals surface area (Å²) in [4.78, 5) is 42.8. The van der Waals surface area contributed by atoms with Crippen molar-refractivity contribution < 1.29 is 38.4 Å². The van der Waals surface area contributed by atoms with Crippen LogP contribution in [0.5, 0.6) is 0 Å². The zero-order valence-electron chi connectivity index (χ0n) is 28.6. The van der Waals surface area contributed by atoms with Gasteiger partial charge in [0.15, 0.2) is 10.7 Å². The SMILES string of the molecule is CC(C)(C)OC(=O)N[C@H]1CCCN(c2c(NC(=O)c3nc(-c4c(F)cccc4F)sc3N[NH+]([O-])OC(C)(C)C)cnc3c2CCC3(C)O)C1. The van der Waals surface area contributed by atoms with Crippen LogP contribution >= 0.6 is 11.3 Å². The average molecular weight is 704 g/mol. The van der Waals surface area contributed by atoms with Crippen LogP contribution in [0.15, 0.2) is 24.4 Å². The van der Waals surface area contributed by atoms with Crippen LogP contribution in [-0.2, 0) is 21.6 Å². The zero-order chi connectivity index (χ0) is 35.9. The molecule has 0 saturated carbocycles. The summed E-state index contributed by atoms with van der Waals surface area (Å²) >= 11 is 0.721. The number of carbonyl (C=O) groups is 2. The molecule has 1 fully saturated rings. The molecule has 2 aliphatic rings. The first kappa shape index (κ1) is 36.3. The Labute approximate surface area is 287 Å². The van der Waals surface area contributed by atoms with Gasteiger partial charge < -0.3 is 30.6 Å². The average Bonchev–Trinajstić information content (AvgIpc) is 3.50. The fourth-order valence-corrected chi connectivity index (χ4v) is 6.90. The van der Waals surface area contributed by atoms with E-state index in [0.717, 1.165) is 35.5 Å². The summed E-state index contributed by atoms with van der Waals surface area (Å²) in [5.74, 6) is -2.55. The van der Waals surface area contributed by atoms with Crippen molar-refractivity contribution in [1.82, 2.24) is 15.3 Å². The van der Waals surface area contributed by atoms with Gasteiger partial charge in [-0.3, -0.25) is 9.78 Å². The third kappa shape index (κ3) is 8.62. The first-order chi connectivity index (χ1) is 22.8. The number of piperidine rings is 1. The van der Waals surface area contributed by atoms with E-state index in [4.69, 9.17) is 9.57 Å². The number of rotatable bonds is 8. The minimum Gasteiger partial charge on any atom is -0.574 e. The van der Waals surface area contributed by atoms with Gasteiger partial charge in [-0.1, -0.05) is 17.4 Å². The highest BCUT2D eigenvalue weighted by molar-refractivity contribution is 7.19. The summed E-state index contributed by atoms with van der Waals surface area (Å²) in [5, 5.41) is 28.5. The third-order valence-corrected chi connectivity index (χ3v) is 8.85. The molecule has 3 aromatic rings. The van der Waals surface area contributed by atoms with Crippen LogP contribution in [0.3, 0.4) is 0 Å². The van der Waals surface area contributed by atoms with Crippen LogP contribution in [-0.4, -0.2) is 57.4 Å². The summed E-state index contributed by atoms with van der Waals surface area (Å²) in [6.45, 7) is 13.0. The van der Waals surface area contributed by atoms with E-state index in [2.05, 4.69) is 26.0 Å². The van der Waals surface area contributed by atoms with Gasteiger partial charge in [-0.05, 0) is 86.3 Å². The number of thiazole rings is 1. The fourth-order valence-electron chi connectivity index (χ4n) is 5.90. The molecule has 1 saturated heterocycles. The van der Waals surface area contributed by atoms with Crippen LogP contribution in [0.1, 0.15) is 89.5 Å². The van der Waals surface area contributed by atoms with E-state index in [0.29, 0.717) is 49.4 Å². The first-order valence-electron chi connectivity index (χ1n) is 16.1. The van der Waals surface area contributed by atoms with Gasteiger partial charge in [0.05, 0.1) is 28.8 Å². The predicted molar refractivity (Wildman–Crippen MR) is 181 cm³/mol. The van der Waals surface area contributed by atoms with Crippen LogP contribution in [0.2, 0.25) is 0 Å². The topological polar surface area (TPSA) is 165 Å². The normalized spacial score (nSPS) is 20.1. The van der Waals surface area contributed by atoms with E-state index in [1.165, 1.54) is 12.3 Å². The maximum atomic E-state index is 14.8. The molecule has 5 N–H and O–H groups in total. The lowest BCUT2D eigenvalue weighted by atomic mass is 10.0. The number of fused-ring (bicyclic) bond motifs is 1. The van der Waals surface area contributed by atoms with Gasteiger partial charge in [-0.15, -0.1) is 5.34 Å². The highest BCUT2D eigenvalue weighted by Crippen LogP contribution is 2.44. The molecule has 5 rings (SSSR count). The molecule has 1 aliphatic heterocycles. The molecule has 49 heavy (non-hydrogen) atoms. The lowest BCUT2D eigenvalue weighted by Crippen LogP contribution is -3.10. The number of hydrogen-bond acceptors (Lipinski definition) is 11. The van der Waals surface area contributed by atoms with E-state index in [1.54, 1.807) is 48.5 Å². The van der Waals surface area contributed by atoms with Gasteiger partial charge in [0.25, 0.3) is 5.91 Å². The Morgan fingerprint density at radius 2 is 1.86 bits per heavy atom. The number of hydrogen-bond donors (Lipinski definition) is 5. The number of anilines is 3. The number of pyridine rings is 1. The molecule has 2 amide bonds. The number of ether oxygens (including phenoxy) is 1. The maximum Gasteiger partial charge on any atom is 0.407 e. The van der Waals surface area contributed by atoms with Crippen molar-refractivity contribution >= 4 is 39.7 Å². The van der Waals surface area contributed by atoms with Crippen molar-refractivity contribution in [2.24, 2.45) is 0 Å². The summed E-state index contributed by atoms with van der Waals surface area (Å²) in [6.07, 6.45) is 3.23. The third-order valence-electron chi connectivity index (χ3n) is 7.86. The Morgan fingerprint density at radius 1 is 1.16 bits per heavy atom. The van der Waals surface area contributed by atoms with Crippen molar-refractivity contribution in [3.63, 3.8) is 0 Å². The highest BCUT2D eigenvalue weighted by atomic mass is 32.1. The number of aliphatic hydroxyl groups is 1. The summed E-state index contributed by atoms with van der Waals surface area (Å²) < 4.78 is 35.1. The summed E-state index contributed by atoms with van der Waals surface area (Å²) in [6, 6.07) is 3.09. The minimum atomic E-state index is -1.19. The Hall–Kier alpha value is -3.96. The molecule has 16 heteroatoms. The van der Waals surface area contributed by atoms with Crippen molar-refractivity contribution in [2.75, 3.05) is 28.7 Å². The largest absolute Gasteiger partial charge is 0.574 e. The van der Waals surface area contributed by atoms with Crippen LogP contribution in [0.25, 0.3) is 10.6 Å². The Morgan fingerprint density at radius 3 is 2.51 bits per heavy atom. The number of benzene rings is 1. The molecule has 2 aromatic heterocycles. The molecule has 266 valence electrons. The molecule has 0 radical (unpaired) electrons. The quantitative estimate of drug-likeness (QED) is 0.206. The number of amides is 2. The lowest BCUT2D eigenvalue weighted by molar-refractivity contribution is -1.05. The second-order valence-electron chi connectivity index (χ2n) is 14.4. The smallest absolute Gasteiger partial charge is 0.407 e. The molecule has 3 heterocycles. The van der Waals surface area contributed by atoms with E-state index in [9.17, 15) is 28.7 Å². The Kier molecular flexibility index (Phi) is 10.2. The standard InChI is InChI=1S/C33H43F2N7O6S/c1-31(2,3)47-30(44)37-18-10-9-15-41(17-18)25-19-13-14-33(7,45)26(19)36-16-22(25)38-27(43)24-29(40-42(46)48-32(4,5)6)49-28(39-24)23-20(34)11-8-12-21(23)35/h8,11-12,16,18,40,42,45H,9-10,13-15,17H2,1-7H3,(H,37,44)(H,38,43)/t18-,33?/m0/s1. The molecule has 1 aliphatic carbocycles. The molecule has 2 unspecified atom stereocenters. The second kappa shape index (κ2) is 13.7. The monoisotopic (exact) mass is 703 g/mol. The van der Waals surface area contributed by atoms with Gasteiger partial charge in [0, 0.05) is 24.7 Å². The number of alkyl carbamates (subject to hydrolysis) is 1. The van der Waals surface area contributed by atoms with Crippen molar-refractivity contribution in [1.29, 1.82) is 0 Å². The Balaban J connectivity index is 1.50. The number of nitrogens with one attached hydrogen (secondary N) is 4. The molecular weight excluding hydrogens is 660 g/mol. The van der Waals surface area contributed by atoms with E-state index >= 15 is 0 Å². The van der Waals surface area contributed by atoms with Gasteiger partial charge in [-0.25, -0.2) is 18.6 Å². The molecule has 0 bridgehead atoms. The van der Waals surface area contributed by atoms with Gasteiger partial charge in [0.1, 0.15) is 33.4 Å². The number of aromatic nitrogens is 2. The molecule has 3 atom stereocenters. The molecule has 13 nitrogen and oxygen atoms in total. The van der Waals surface area contributed by atoms with E-state index < -0.39 is 51.3 Å². The van der Waals surface area contributed by atoms with Gasteiger partial charge in [0.2, 0.25) is 0 Å². The molecule has 0 spiro atoms. The fraction of sp³-hybridized carbons (Fsp3) is 0.515. The second-order valence-corrected chi connectivity index (χ2v) is 15.4. The summed E-state index contributed by atoms with van der Waals surface area (Å²) in [5.41, 5.74) is 1.21. The maximum absolute atomic E-state index is 14.8. The zero-order valence-corrected chi connectivity index (χ0v) is 29.4. The molecule has 1 aromatic carbocycles. The lowest BCUT2D eigenvalue weighted by Gasteiger charge is -2.37. The van der Waals surface area contributed by atoms with E-state index in [-0.39, 0.29) is 21.7 Å². The van der Waals surface area contributed by atoms with Gasteiger partial charge >= 0.3 is 6.09 Å². The van der Waals surface area contributed by atoms with Crippen LogP contribution in [0, 0.1) is 16.8 Å². The highest BCUT2D eigenvalue weighted by Gasteiger charge is 2.39. The van der Waals surface area contributed by atoms with Crippen molar-refractivity contribution in [3.05, 3.63) is 58.2 Å². The number of quaternary nitrogens is 1. The number of nitrogens with zero attached hydrogens (tertiary/aromatic N) is 3. The minimum absolute atomic E-state index is 0.0809. The molecular formula is C33H43F2N7O6S. The van der Waals surface area contributed by atoms with Crippen LogP contribution < -0.4 is 26.3 Å².